The smallest absolute Gasteiger partial charge is 0.280 e. The highest BCUT2D eigenvalue weighted by atomic mass is 35.5. The molecule has 0 bridgehead atoms. The number of aromatic nitrogens is 1. The quantitative estimate of drug-likeness (QED) is 0.191. The van der Waals surface area contributed by atoms with Crippen molar-refractivity contribution in [3.8, 4) is 17.0 Å². The molecule has 3 aromatic carbocycles. The average molecular weight is 407 g/mol. The molecular weight excluding hydrogens is 392 g/mol. The van der Waals surface area contributed by atoms with Crippen molar-refractivity contribution in [2.24, 2.45) is 0 Å². The molecule has 2 N–H and O–H groups in total. The van der Waals surface area contributed by atoms with E-state index in [9.17, 15) is 20.4 Å². The van der Waals surface area contributed by atoms with Gasteiger partial charge in [0.25, 0.3) is 5.69 Å². The van der Waals surface area contributed by atoms with Crippen LogP contribution in [0.3, 0.4) is 0 Å². The summed E-state index contributed by atoms with van der Waals surface area (Å²) in [4.78, 5) is 11.1. The zero-order valence-electron chi connectivity index (χ0n) is 15.0. The van der Waals surface area contributed by atoms with Crippen LogP contribution >= 0.6 is 11.6 Å². The lowest BCUT2D eigenvalue weighted by Crippen LogP contribution is -1.96. The molecule has 0 aliphatic carbocycles. The number of halogens is 1. The van der Waals surface area contributed by atoms with Gasteiger partial charge in [-0.25, -0.2) is 0 Å². The van der Waals surface area contributed by atoms with Gasteiger partial charge >= 0.3 is 0 Å². The Labute approximate surface area is 170 Å². The zero-order chi connectivity index (χ0) is 20.5. The van der Waals surface area contributed by atoms with Gasteiger partial charge in [0.15, 0.2) is 5.75 Å². The van der Waals surface area contributed by atoms with Gasteiger partial charge in [-0.1, -0.05) is 72.3 Å². The Balaban J connectivity index is 1.96. The van der Waals surface area contributed by atoms with Gasteiger partial charge in [0.05, 0.1) is 21.0 Å². The van der Waals surface area contributed by atoms with Crippen LogP contribution in [0.4, 0.5) is 5.69 Å². The second kappa shape index (κ2) is 7.33. The Kier molecular flexibility index (Phi) is 4.70. The van der Waals surface area contributed by atoms with Crippen LogP contribution in [0.25, 0.3) is 33.3 Å². The fourth-order valence-corrected chi connectivity index (χ4v) is 3.54. The first kappa shape index (κ1) is 18.6. The number of benzene rings is 3. The molecule has 6 nitrogen and oxygen atoms in total. The lowest BCUT2D eigenvalue weighted by molar-refractivity contribution is -0.385. The van der Waals surface area contributed by atoms with E-state index in [0.29, 0.717) is 5.56 Å². The molecule has 7 heteroatoms. The molecule has 0 amide bonds. The van der Waals surface area contributed by atoms with Gasteiger partial charge in [-0.3, -0.25) is 10.1 Å². The number of fused-ring (bicyclic) bond motifs is 1. The van der Waals surface area contributed by atoms with E-state index in [1.807, 2.05) is 36.4 Å². The van der Waals surface area contributed by atoms with Crippen LogP contribution in [0.15, 0.2) is 72.8 Å². The molecule has 0 atom stereocenters. The maximum absolute atomic E-state index is 11.7. The van der Waals surface area contributed by atoms with Gasteiger partial charge in [0.1, 0.15) is 5.69 Å². The van der Waals surface area contributed by atoms with Crippen molar-refractivity contribution in [2.45, 2.75) is 0 Å². The van der Waals surface area contributed by atoms with E-state index in [-0.39, 0.29) is 38.6 Å². The molecule has 29 heavy (non-hydrogen) atoms. The standard InChI is InChI=1S/C22H15ClN2O4/c23-18(11-14-7-3-1-4-8-14)16-12-17-19(13-20(16)25(28)29)24(27)21(22(17)26)15-9-5-2-6-10-15/h1-13,26-27H/b18-11-. The minimum absolute atomic E-state index is 0.112. The van der Waals surface area contributed by atoms with Crippen LogP contribution < -0.4 is 0 Å². The predicted molar refractivity (Wildman–Crippen MR) is 113 cm³/mol. The molecule has 0 unspecified atom stereocenters. The summed E-state index contributed by atoms with van der Waals surface area (Å²) in [6, 6.07) is 20.6. The molecule has 0 saturated carbocycles. The van der Waals surface area contributed by atoms with Gasteiger partial charge < -0.3 is 10.3 Å². The zero-order valence-corrected chi connectivity index (χ0v) is 15.7. The van der Waals surface area contributed by atoms with Crippen molar-refractivity contribution in [3.63, 3.8) is 0 Å². The first-order chi connectivity index (χ1) is 14.0. The van der Waals surface area contributed by atoms with Crippen LogP contribution in [0.2, 0.25) is 0 Å². The molecular formula is C22H15ClN2O4. The minimum atomic E-state index is -0.567. The minimum Gasteiger partial charge on any atom is -0.505 e. The maximum atomic E-state index is 11.7. The molecule has 0 radical (unpaired) electrons. The summed E-state index contributed by atoms with van der Waals surface area (Å²) in [7, 11) is 0. The number of aromatic hydroxyl groups is 1. The number of hydrogen-bond donors (Lipinski definition) is 2. The summed E-state index contributed by atoms with van der Waals surface area (Å²) < 4.78 is 0.756. The molecule has 1 heterocycles. The largest absolute Gasteiger partial charge is 0.505 e. The van der Waals surface area contributed by atoms with Gasteiger partial charge in [-0.05, 0) is 17.7 Å². The number of nitrogens with zero attached hydrogens (tertiary/aromatic N) is 2. The fraction of sp³-hybridized carbons (Fsp3) is 0. The molecule has 4 rings (SSSR count). The number of hydrogen-bond acceptors (Lipinski definition) is 4. The van der Waals surface area contributed by atoms with Crippen LogP contribution in [0.5, 0.6) is 5.75 Å². The third-order valence-electron chi connectivity index (χ3n) is 4.63. The maximum Gasteiger partial charge on any atom is 0.280 e. The SMILES string of the molecule is O=[N+]([O-])c1cc2c(cc1/C(Cl)=C/c1ccccc1)c(O)c(-c1ccccc1)n2O. The summed E-state index contributed by atoms with van der Waals surface area (Å²) in [5.74, 6) is -0.186. The van der Waals surface area contributed by atoms with Gasteiger partial charge in [-0.2, -0.15) is 4.73 Å². The van der Waals surface area contributed by atoms with E-state index in [1.165, 1.54) is 12.1 Å². The molecule has 1 aromatic heterocycles. The van der Waals surface area contributed by atoms with E-state index in [1.54, 1.807) is 30.3 Å². The van der Waals surface area contributed by atoms with E-state index in [2.05, 4.69) is 0 Å². The van der Waals surface area contributed by atoms with E-state index in [0.717, 1.165) is 10.3 Å². The Morgan fingerprint density at radius 2 is 1.66 bits per heavy atom. The molecule has 0 spiro atoms. The highest BCUT2D eigenvalue weighted by molar-refractivity contribution is 6.51. The summed E-state index contributed by atoms with van der Waals surface area (Å²) in [5.41, 5.74) is 1.48. The first-order valence-electron chi connectivity index (χ1n) is 8.70. The molecule has 0 saturated heterocycles. The Bertz CT molecular complexity index is 1250. The third kappa shape index (κ3) is 3.30. The van der Waals surface area contributed by atoms with Crippen molar-refractivity contribution in [1.82, 2.24) is 4.73 Å². The lowest BCUT2D eigenvalue weighted by atomic mass is 10.1. The summed E-state index contributed by atoms with van der Waals surface area (Å²) in [6.07, 6.45) is 1.61. The topological polar surface area (TPSA) is 88.5 Å². The van der Waals surface area contributed by atoms with Crippen molar-refractivity contribution >= 4 is 39.3 Å². The molecule has 0 aliphatic heterocycles. The molecule has 4 aromatic rings. The Morgan fingerprint density at radius 3 is 2.28 bits per heavy atom. The van der Waals surface area contributed by atoms with Crippen LogP contribution in [-0.2, 0) is 0 Å². The number of rotatable bonds is 4. The van der Waals surface area contributed by atoms with Crippen molar-refractivity contribution in [1.29, 1.82) is 0 Å². The predicted octanol–water partition coefficient (Wildman–Crippen LogP) is 5.90. The van der Waals surface area contributed by atoms with E-state index >= 15 is 0 Å². The third-order valence-corrected chi connectivity index (χ3v) is 4.94. The van der Waals surface area contributed by atoms with Crippen molar-refractivity contribution in [2.75, 3.05) is 0 Å². The van der Waals surface area contributed by atoms with Crippen molar-refractivity contribution in [3.05, 3.63) is 94.0 Å². The van der Waals surface area contributed by atoms with Crippen LogP contribution in [0, 0.1) is 10.1 Å². The van der Waals surface area contributed by atoms with Gasteiger partial charge in [0, 0.05) is 17.0 Å². The molecule has 144 valence electrons. The second-order valence-electron chi connectivity index (χ2n) is 6.42. The summed E-state index contributed by atoms with van der Waals surface area (Å²) in [5, 5.41) is 33.4. The second-order valence-corrected chi connectivity index (χ2v) is 6.83. The summed E-state index contributed by atoms with van der Waals surface area (Å²) in [6.45, 7) is 0. The Morgan fingerprint density at radius 1 is 1.03 bits per heavy atom. The van der Waals surface area contributed by atoms with E-state index < -0.39 is 4.92 Å². The molecule has 0 aliphatic rings. The molecule has 0 fully saturated rings. The van der Waals surface area contributed by atoms with Crippen molar-refractivity contribution < 1.29 is 15.2 Å². The van der Waals surface area contributed by atoms with E-state index in [4.69, 9.17) is 11.6 Å². The normalized spacial score (nSPS) is 11.7. The first-order valence-corrected chi connectivity index (χ1v) is 9.08. The highest BCUT2D eigenvalue weighted by Crippen LogP contribution is 2.42. The average Bonchev–Trinajstić information content (AvgIpc) is 2.98. The lowest BCUT2D eigenvalue weighted by Gasteiger charge is -2.04. The number of nitro benzene ring substituents is 1. The van der Waals surface area contributed by atoms with Gasteiger partial charge in [0.2, 0.25) is 0 Å². The fourth-order valence-electron chi connectivity index (χ4n) is 3.26. The monoisotopic (exact) mass is 406 g/mol. The van der Waals surface area contributed by atoms with Crippen LogP contribution in [0.1, 0.15) is 11.1 Å². The van der Waals surface area contributed by atoms with Gasteiger partial charge in [-0.15, -0.1) is 0 Å². The number of nitro groups is 1. The Hall–Kier alpha value is -3.77. The highest BCUT2D eigenvalue weighted by Gasteiger charge is 2.25. The summed E-state index contributed by atoms with van der Waals surface area (Å²) >= 11 is 6.41. The van der Waals surface area contributed by atoms with Crippen LogP contribution in [-0.4, -0.2) is 20.0 Å².